The van der Waals surface area contributed by atoms with Crippen LogP contribution >= 0.6 is 0 Å². The fourth-order valence-electron chi connectivity index (χ4n) is 5.91. The van der Waals surface area contributed by atoms with Gasteiger partial charge >= 0.3 is 11.9 Å². The Morgan fingerprint density at radius 2 is 1.79 bits per heavy atom. The third kappa shape index (κ3) is 3.36. The number of fused-ring (bicyclic) bond motifs is 3. The first kappa shape index (κ1) is 20.4. The van der Waals surface area contributed by atoms with Crippen molar-refractivity contribution in [3.8, 4) is 0 Å². The minimum Gasteiger partial charge on any atom is -0.461 e. The molecule has 0 aromatic rings. The molecule has 4 rings (SSSR count). The Balaban J connectivity index is 1.76. The lowest BCUT2D eigenvalue weighted by atomic mass is 9.74. The Labute approximate surface area is 171 Å². The molecule has 0 N–H and O–H groups in total. The summed E-state index contributed by atoms with van der Waals surface area (Å²) in [5.74, 6) is -2.32. The van der Waals surface area contributed by atoms with Crippen molar-refractivity contribution in [3.05, 3.63) is 0 Å². The summed E-state index contributed by atoms with van der Waals surface area (Å²) < 4.78 is 11.3. The molecule has 8 atom stereocenters. The maximum Gasteiger partial charge on any atom is 0.309 e. The highest BCUT2D eigenvalue weighted by Gasteiger charge is 2.55. The van der Waals surface area contributed by atoms with Gasteiger partial charge in [-0.15, -0.1) is 0 Å². The summed E-state index contributed by atoms with van der Waals surface area (Å²) in [5.41, 5.74) is 0. The van der Waals surface area contributed by atoms with Crippen molar-refractivity contribution in [2.75, 3.05) is 6.54 Å². The third-order valence-corrected chi connectivity index (χ3v) is 7.56. The quantitative estimate of drug-likeness (QED) is 0.654. The van der Waals surface area contributed by atoms with Gasteiger partial charge in [0.25, 0.3) is 0 Å². The average molecular weight is 405 g/mol. The number of carbonyl (C=O) groups is 4. The molecule has 7 heteroatoms. The second-order valence-electron chi connectivity index (χ2n) is 9.27. The van der Waals surface area contributed by atoms with E-state index in [4.69, 9.17) is 9.47 Å². The van der Waals surface area contributed by atoms with Crippen LogP contribution in [0.2, 0.25) is 0 Å². The van der Waals surface area contributed by atoms with Crippen molar-refractivity contribution < 1.29 is 28.7 Å². The molecular weight excluding hydrogens is 374 g/mol. The van der Waals surface area contributed by atoms with Crippen molar-refractivity contribution >= 4 is 23.6 Å². The number of ether oxygens (including phenoxy) is 2. The molecule has 29 heavy (non-hydrogen) atoms. The Bertz CT molecular complexity index is 720. The topological polar surface area (TPSA) is 90.0 Å². The zero-order valence-electron chi connectivity index (χ0n) is 17.5. The van der Waals surface area contributed by atoms with E-state index in [1.807, 2.05) is 18.7 Å². The number of ketones is 1. The van der Waals surface area contributed by atoms with Gasteiger partial charge in [-0.1, -0.05) is 27.2 Å². The zero-order valence-corrected chi connectivity index (χ0v) is 17.5. The Morgan fingerprint density at radius 1 is 1.03 bits per heavy atom. The van der Waals surface area contributed by atoms with E-state index in [-0.39, 0.29) is 47.8 Å². The largest absolute Gasteiger partial charge is 0.461 e. The lowest BCUT2D eigenvalue weighted by Gasteiger charge is -2.36. The molecule has 0 unspecified atom stereocenters. The van der Waals surface area contributed by atoms with Crippen molar-refractivity contribution in [2.24, 2.45) is 29.6 Å². The number of carbonyl (C=O) groups excluding carboxylic acids is 4. The van der Waals surface area contributed by atoms with E-state index in [0.29, 0.717) is 19.4 Å². The van der Waals surface area contributed by atoms with Gasteiger partial charge in [-0.3, -0.25) is 19.2 Å². The van der Waals surface area contributed by atoms with Gasteiger partial charge in [-0.2, -0.15) is 0 Å². The minimum atomic E-state index is -0.535. The summed E-state index contributed by atoms with van der Waals surface area (Å²) >= 11 is 0. The Hall–Kier alpha value is -1.92. The standard InChI is InChI=1S/C22H31NO6/c1-4-13-14-7-5-6-8-23(20(14)25)15(17-9-11(2)21(26)28-17)10-16(24)18-12(3)22(27)29-19(13)18/h11-15,17-19H,4-10H2,1-3H3/t11-,12+,13-,14+,15-,17-,18-,19-/m0/s1. The van der Waals surface area contributed by atoms with E-state index < -0.39 is 30.1 Å². The molecule has 0 aliphatic carbocycles. The zero-order chi connectivity index (χ0) is 20.9. The number of cyclic esters (lactones) is 1. The van der Waals surface area contributed by atoms with E-state index in [2.05, 4.69) is 0 Å². The van der Waals surface area contributed by atoms with E-state index in [1.54, 1.807) is 6.92 Å². The summed E-state index contributed by atoms with van der Waals surface area (Å²) in [6.45, 7) is 6.15. The molecule has 1 amide bonds. The first-order valence-electron chi connectivity index (χ1n) is 11.1. The smallest absolute Gasteiger partial charge is 0.309 e. The first-order valence-corrected chi connectivity index (χ1v) is 11.1. The number of Topliss-reactive ketones (excluding diaryl/α,β-unsaturated/α-hetero) is 1. The van der Waals surface area contributed by atoms with E-state index in [9.17, 15) is 19.2 Å². The molecule has 4 aliphatic heterocycles. The molecule has 4 saturated heterocycles. The maximum absolute atomic E-state index is 13.6. The summed E-state index contributed by atoms with van der Waals surface area (Å²) in [4.78, 5) is 53.3. The molecule has 4 heterocycles. The molecule has 160 valence electrons. The molecule has 2 bridgehead atoms. The second kappa shape index (κ2) is 7.73. The number of hydrogen-bond acceptors (Lipinski definition) is 6. The van der Waals surface area contributed by atoms with Crippen molar-refractivity contribution in [2.45, 2.75) is 77.5 Å². The van der Waals surface area contributed by atoms with Crippen LogP contribution in [0.5, 0.6) is 0 Å². The number of amides is 1. The van der Waals surface area contributed by atoms with Crippen molar-refractivity contribution in [1.82, 2.24) is 4.90 Å². The fourth-order valence-corrected chi connectivity index (χ4v) is 5.91. The highest BCUT2D eigenvalue weighted by Crippen LogP contribution is 2.43. The molecule has 4 fully saturated rings. The maximum atomic E-state index is 13.6. The second-order valence-corrected chi connectivity index (χ2v) is 9.27. The van der Waals surface area contributed by atoms with Crippen LogP contribution in [0.15, 0.2) is 0 Å². The lowest BCUT2D eigenvalue weighted by molar-refractivity contribution is -0.153. The van der Waals surface area contributed by atoms with Gasteiger partial charge in [0.1, 0.15) is 18.0 Å². The molecule has 7 nitrogen and oxygen atoms in total. The molecule has 0 radical (unpaired) electrons. The van der Waals surface area contributed by atoms with Crippen LogP contribution in [0, 0.1) is 29.6 Å². The van der Waals surface area contributed by atoms with Gasteiger partial charge in [-0.25, -0.2) is 0 Å². The normalized spacial score (nSPS) is 43.1. The van der Waals surface area contributed by atoms with Crippen LogP contribution in [0.25, 0.3) is 0 Å². The molecule has 4 aliphatic rings. The van der Waals surface area contributed by atoms with Gasteiger partial charge in [0.05, 0.1) is 23.8 Å². The van der Waals surface area contributed by atoms with Crippen LogP contribution in [0.3, 0.4) is 0 Å². The molecule has 0 aromatic heterocycles. The van der Waals surface area contributed by atoms with E-state index in [0.717, 1.165) is 19.3 Å². The van der Waals surface area contributed by atoms with Crippen LogP contribution in [-0.4, -0.2) is 53.3 Å². The van der Waals surface area contributed by atoms with Gasteiger partial charge in [-0.05, 0) is 25.7 Å². The number of esters is 2. The number of hydrogen-bond donors (Lipinski definition) is 0. The van der Waals surface area contributed by atoms with Crippen LogP contribution in [0.4, 0.5) is 0 Å². The monoisotopic (exact) mass is 405 g/mol. The van der Waals surface area contributed by atoms with Gasteiger partial charge in [0, 0.05) is 24.8 Å². The highest BCUT2D eigenvalue weighted by molar-refractivity contribution is 5.91. The van der Waals surface area contributed by atoms with Crippen LogP contribution < -0.4 is 0 Å². The molecule has 0 aromatic carbocycles. The number of nitrogens with zero attached hydrogens (tertiary/aromatic N) is 1. The average Bonchev–Trinajstić information content (AvgIpc) is 3.09. The Morgan fingerprint density at radius 3 is 2.45 bits per heavy atom. The van der Waals surface area contributed by atoms with Crippen LogP contribution in [0.1, 0.15) is 59.3 Å². The Kier molecular flexibility index (Phi) is 5.42. The van der Waals surface area contributed by atoms with E-state index >= 15 is 0 Å². The van der Waals surface area contributed by atoms with Crippen molar-refractivity contribution in [3.63, 3.8) is 0 Å². The van der Waals surface area contributed by atoms with Gasteiger partial charge < -0.3 is 14.4 Å². The summed E-state index contributed by atoms with van der Waals surface area (Å²) in [6, 6.07) is -0.455. The number of rotatable bonds is 2. The first-order chi connectivity index (χ1) is 13.8. The highest BCUT2D eigenvalue weighted by atomic mass is 16.6. The molecule has 0 spiro atoms. The summed E-state index contributed by atoms with van der Waals surface area (Å²) in [5, 5.41) is 0. The molecular formula is C22H31NO6. The molecule has 0 saturated carbocycles. The lowest BCUT2D eigenvalue weighted by Crippen LogP contribution is -2.50. The van der Waals surface area contributed by atoms with Crippen LogP contribution in [-0.2, 0) is 28.7 Å². The SMILES string of the molecule is CC[C@@H]1[C@@H]2OC(=O)[C@H](C)[C@H]2C(=O)C[C@@H]([C@@H]2C[C@H](C)C(=O)O2)N2CCCC[C@H]1C2=O. The third-order valence-electron chi connectivity index (χ3n) is 7.56. The summed E-state index contributed by atoms with van der Waals surface area (Å²) in [7, 11) is 0. The van der Waals surface area contributed by atoms with Gasteiger partial charge in [0.15, 0.2) is 0 Å². The van der Waals surface area contributed by atoms with Crippen molar-refractivity contribution in [1.29, 1.82) is 0 Å². The predicted octanol–water partition coefficient (Wildman–Crippen LogP) is 2.11. The summed E-state index contributed by atoms with van der Waals surface area (Å²) in [6.07, 6.45) is 2.84. The fraction of sp³-hybridized carbons (Fsp3) is 0.818. The van der Waals surface area contributed by atoms with Gasteiger partial charge in [0.2, 0.25) is 5.91 Å². The predicted molar refractivity (Wildman–Crippen MR) is 102 cm³/mol. The van der Waals surface area contributed by atoms with E-state index in [1.165, 1.54) is 0 Å². The minimum absolute atomic E-state index is 0.0269.